The predicted octanol–water partition coefficient (Wildman–Crippen LogP) is 4.30. The largest absolute Gasteiger partial charge is 0.494 e. The third-order valence-corrected chi connectivity index (χ3v) is 3.79. The van der Waals surface area contributed by atoms with Crippen molar-refractivity contribution in [3.63, 3.8) is 0 Å². The summed E-state index contributed by atoms with van der Waals surface area (Å²) < 4.78 is 6.73. The minimum atomic E-state index is 0.128. The van der Waals surface area contributed by atoms with Gasteiger partial charge in [0.25, 0.3) is 0 Å². The zero-order valence-corrected chi connectivity index (χ0v) is 13.1. The first-order valence-corrected chi connectivity index (χ1v) is 7.54. The van der Waals surface area contributed by atoms with Gasteiger partial charge in [-0.05, 0) is 37.1 Å². The molecule has 0 aliphatic rings. The molecule has 2 nitrogen and oxygen atoms in total. The Morgan fingerprint density at radius 2 is 1.90 bits per heavy atom. The van der Waals surface area contributed by atoms with Crippen LogP contribution in [0.5, 0.6) is 5.75 Å². The summed E-state index contributed by atoms with van der Waals surface area (Å²) in [5.41, 5.74) is 2.40. The molecule has 20 heavy (non-hydrogen) atoms. The van der Waals surface area contributed by atoms with E-state index < -0.39 is 0 Å². The molecule has 0 aliphatic heterocycles. The summed E-state index contributed by atoms with van der Waals surface area (Å²) in [7, 11) is 0. The molecule has 106 valence electrons. The lowest BCUT2D eigenvalue weighted by Crippen LogP contribution is -2.09. The van der Waals surface area contributed by atoms with Crippen molar-refractivity contribution in [3.8, 4) is 5.75 Å². The average molecular weight is 335 g/mol. The van der Waals surface area contributed by atoms with Gasteiger partial charge in [0.05, 0.1) is 13.2 Å². The van der Waals surface area contributed by atoms with Crippen LogP contribution in [0.2, 0.25) is 0 Å². The van der Waals surface area contributed by atoms with Gasteiger partial charge in [-0.15, -0.1) is 0 Å². The summed E-state index contributed by atoms with van der Waals surface area (Å²) in [6, 6.07) is 16.1. The number of aliphatic hydroxyl groups is 1. The van der Waals surface area contributed by atoms with Crippen LogP contribution in [0.1, 0.15) is 23.5 Å². The highest BCUT2D eigenvalue weighted by atomic mass is 79.9. The van der Waals surface area contributed by atoms with E-state index in [-0.39, 0.29) is 12.5 Å². The lowest BCUT2D eigenvalue weighted by Gasteiger charge is -2.15. The monoisotopic (exact) mass is 334 g/mol. The van der Waals surface area contributed by atoms with Crippen molar-refractivity contribution in [3.05, 3.63) is 64.1 Å². The minimum absolute atomic E-state index is 0.128. The Hall–Kier alpha value is -1.32. The number of hydrogen-bond donors (Lipinski definition) is 1. The van der Waals surface area contributed by atoms with Gasteiger partial charge < -0.3 is 9.84 Å². The van der Waals surface area contributed by atoms with Crippen molar-refractivity contribution in [2.45, 2.75) is 19.3 Å². The second-order valence-electron chi connectivity index (χ2n) is 4.88. The number of aryl methyl sites for hydroxylation is 1. The van der Waals surface area contributed by atoms with E-state index in [1.807, 2.05) is 24.3 Å². The molecule has 0 aliphatic carbocycles. The van der Waals surface area contributed by atoms with Crippen LogP contribution in [0.3, 0.4) is 0 Å². The Morgan fingerprint density at radius 3 is 2.55 bits per heavy atom. The van der Waals surface area contributed by atoms with E-state index in [0.29, 0.717) is 6.61 Å². The van der Waals surface area contributed by atoms with Crippen molar-refractivity contribution in [2.24, 2.45) is 0 Å². The summed E-state index contributed by atoms with van der Waals surface area (Å²) in [6.07, 6.45) is 0.798. The van der Waals surface area contributed by atoms with Gasteiger partial charge in [0, 0.05) is 10.4 Å². The van der Waals surface area contributed by atoms with Gasteiger partial charge in [-0.3, -0.25) is 0 Å². The fraction of sp³-hybridized carbons (Fsp3) is 0.294. The van der Waals surface area contributed by atoms with Crippen LogP contribution in [-0.4, -0.2) is 18.3 Å². The van der Waals surface area contributed by atoms with Crippen molar-refractivity contribution in [2.75, 3.05) is 13.2 Å². The predicted molar refractivity (Wildman–Crippen MR) is 85.3 cm³/mol. The normalized spacial score (nSPS) is 12.2. The van der Waals surface area contributed by atoms with Crippen LogP contribution < -0.4 is 4.74 Å². The van der Waals surface area contributed by atoms with Gasteiger partial charge in [0.2, 0.25) is 0 Å². The van der Waals surface area contributed by atoms with E-state index >= 15 is 0 Å². The SMILES string of the molecule is Cc1ccc(C(CO)CCOc2cccc(Br)c2)cc1. The van der Waals surface area contributed by atoms with E-state index in [0.717, 1.165) is 22.2 Å². The molecule has 1 N–H and O–H groups in total. The van der Waals surface area contributed by atoms with Gasteiger partial charge in [-0.2, -0.15) is 0 Å². The fourth-order valence-corrected chi connectivity index (χ4v) is 2.46. The highest BCUT2D eigenvalue weighted by Gasteiger charge is 2.10. The molecule has 0 saturated carbocycles. The first kappa shape index (κ1) is 15.1. The highest BCUT2D eigenvalue weighted by Crippen LogP contribution is 2.22. The fourth-order valence-electron chi connectivity index (χ4n) is 2.08. The number of ether oxygens (including phenoxy) is 1. The molecular weight excluding hydrogens is 316 g/mol. The van der Waals surface area contributed by atoms with Crippen LogP contribution >= 0.6 is 15.9 Å². The molecule has 0 spiro atoms. The van der Waals surface area contributed by atoms with E-state index in [1.54, 1.807) is 0 Å². The smallest absolute Gasteiger partial charge is 0.120 e. The lowest BCUT2D eigenvalue weighted by atomic mass is 9.96. The number of hydrogen-bond acceptors (Lipinski definition) is 2. The quantitative estimate of drug-likeness (QED) is 0.853. The van der Waals surface area contributed by atoms with Crippen molar-refractivity contribution < 1.29 is 9.84 Å². The maximum Gasteiger partial charge on any atom is 0.120 e. The topological polar surface area (TPSA) is 29.5 Å². The van der Waals surface area contributed by atoms with Gasteiger partial charge >= 0.3 is 0 Å². The Bertz CT molecular complexity index is 537. The van der Waals surface area contributed by atoms with Crippen molar-refractivity contribution >= 4 is 15.9 Å². The van der Waals surface area contributed by atoms with E-state index in [2.05, 4.69) is 47.1 Å². The zero-order chi connectivity index (χ0) is 14.4. The first-order chi connectivity index (χ1) is 9.69. The van der Waals surface area contributed by atoms with E-state index in [1.165, 1.54) is 5.56 Å². The molecule has 0 bridgehead atoms. The van der Waals surface area contributed by atoms with Crippen LogP contribution in [-0.2, 0) is 0 Å². The van der Waals surface area contributed by atoms with Crippen LogP contribution in [0.4, 0.5) is 0 Å². The molecular formula is C17H19BrO2. The van der Waals surface area contributed by atoms with Gasteiger partial charge in [-0.25, -0.2) is 0 Å². The molecule has 0 heterocycles. The molecule has 1 unspecified atom stereocenters. The molecule has 0 amide bonds. The number of rotatable bonds is 6. The second-order valence-corrected chi connectivity index (χ2v) is 5.80. The zero-order valence-electron chi connectivity index (χ0n) is 11.6. The third kappa shape index (κ3) is 4.36. The Kier molecular flexibility index (Phi) is 5.62. The number of halogens is 1. The average Bonchev–Trinajstić information content (AvgIpc) is 2.45. The Morgan fingerprint density at radius 1 is 1.15 bits per heavy atom. The van der Waals surface area contributed by atoms with E-state index in [9.17, 15) is 5.11 Å². The third-order valence-electron chi connectivity index (χ3n) is 3.30. The van der Waals surface area contributed by atoms with Crippen LogP contribution in [0.15, 0.2) is 53.0 Å². The lowest BCUT2D eigenvalue weighted by molar-refractivity contribution is 0.229. The summed E-state index contributed by atoms with van der Waals surface area (Å²) in [5.74, 6) is 0.975. The maximum atomic E-state index is 9.53. The number of benzene rings is 2. The second kappa shape index (κ2) is 7.46. The molecule has 2 rings (SSSR count). The van der Waals surface area contributed by atoms with Crippen molar-refractivity contribution in [1.82, 2.24) is 0 Å². The van der Waals surface area contributed by atoms with Crippen LogP contribution in [0, 0.1) is 6.92 Å². The van der Waals surface area contributed by atoms with Crippen molar-refractivity contribution in [1.29, 1.82) is 0 Å². The first-order valence-electron chi connectivity index (χ1n) is 6.75. The molecule has 1 atom stereocenters. The molecule has 0 aromatic heterocycles. The van der Waals surface area contributed by atoms with Crippen LogP contribution in [0.25, 0.3) is 0 Å². The summed E-state index contributed by atoms with van der Waals surface area (Å²) in [5, 5.41) is 9.53. The molecule has 2 aromatic rings. The standard InChI is InChI=1S/C17H19BrO2/c1-13-5-7-14(8-6-13)15(12-19)9-10-20-17-4-2-3-16(18)11-17/h2-8,11,15,19H,9-10,12H2,1H3. The minimum Gasteiger partial charge on any atom is -0.494 e. The maximum absolute atomic E-state index is 9.53. The number of aliphatic hydroxyl groups excluding tert-OH is 1. The summed E-state index contributed by atoms with van der Waals surface area (Å²) in [6.45, 7) is 2.80. The Labute approximate surface area is 128 Å². The van der Waals surface area contributed by atoms with Gasteiger partial charge in [0.15, 0.2) is 0 Å². The molecule has 2 aromatic carbocycles. The van der Waals surface area contributed by atoms with Gasteiger partial charge in [-0.1, -0.05) is 51.8 Å². The molecule has 0 radical (unpaired) electrons. The molecule has 0 saturated heterocycles. The molecule has 3 heteroatoms. The van der Waals surface area contributed by atoms with E-state index in [4.69, 9.17) is 4.74 Å². The highest BCUT2D eigenvalue weighted by molar-refractivity contribution is 9.10. The molecule has 0 fully saturated rings. The summed E-state index contributed by atoms with van der Waals surface area (Å²) in [4.78, 5) is 0. The van der Waals surface area contributed by atoms with Gasteiger partial charge in [0.1, 0.15) is 5.75 Å². The summed E-state index contributed by atoms with van der Waals surface area (Å²) >= 11 is 3.42. The Balaban J connectivity index is 1.89.